The minimum Gasteiger partial charge on any atom is -0.481 e. The SMILES string of the molecule is CC(C)N1Cc2cc(C(=O)N3CCC(C4CCNCC4)CC3)ccc2NC(CC(=O)O)C1=O. The summed E-state index contributed by atoms with van der Waals surface area (Å²) in [7, 11) is 0. The van der Waals surface area contributed by atoms with Crippen molar-refractivity contribution in [3.63, 3.8) is 0 Å². The molecular formula is C25H36N4O4. The summed E-state index contributed by atoms with van der Waals surface area (Å²) < 4.78 is 0. The van der Waals surface area contributed by atoms with Gasteiger partial charge in [0.05, 0.1) is 6.42 Å². The van der Waals surface area contributed by atoms with Gasteiger partial charge in [0.1, 0.15) is 6.04 Å². The van der Waals surface area contributed by atoms with Crippen LogP contribution in [0.2, 0.25) is 0 Å². The number of anilines is 1. The second-order valence-corrected chi connectivity index (χ2v) is 9.94. The summed E-state index contributed by atoms with van der Waals surface area (Å²) in [5.41, 5.74) is 2.20. The molecule has 3 aliphatic rings. The number of hydrogen-bond acceptors (Lipinski definition) is 5. The summed E-state index contributed by atoms with van der Waals surface area (Å²) in [5.74, 6) is 0.282. The van der Waals surface area contributed by atoms with Crippen LogP contribution in [0.15, 0.2) is 18.2 Å². The Labute approximate surface area is 195 Å². The number of carboxylic acid groups (broad SMARTS) is 1. The van der Waals surface area contributed by atoms with E-state index in [4.69, 9.17) is 0 Å². The van der Waals surface area contributed by atoms with Crippen LogP contribution in [0.3, 0.4) is 0 Å². The minimum atomic E-state index is -1.02. The summed E-state index contributed by atoms with van der Waals surface area (Å²) >= 11 is 0. The molecule has 0 saturated carbocycles. The van der Waals surface area contributed by atoms with E-state index >= 15 is 0 Å². The zero-order chi connectivity index (χ0) is 23.5. The van der Waals surface area contributed by atoms with Gasteiger partial charge < -0.3 is 25.5 Å². The number of carbonyl (C=O) groups excluding carboxylic acids is 2. The fraction of sp³-hybridized carbons (Fsp3) is 0.640. The number of nitrogens with one attached hydrogen (secondary N) is 2. The van der Waals surface area contributed by atoms with Gasteiger partial charge in [0, 0.05) is 36.9 Å². The number of carbonyl (C=O) groups is 3. The first-order valence-electron chi connectivity index (χ1n) is 12.2. The quantitative estimate of drug-likeness (QED) is 0.629. The number of hydrogen-bond donors (Lipinski definition) is 3. The predicted octanol–water partition coefficient (Wildman–Crippen LogP) is 2.54. The summed E-state index contributed by atoms with van der Waals surface area (Å²) in [6.45, 7) is 7.99. The van der Waals surface area contributed by atoms with E-state index in [1.807, 2.05) is 30.9 Å². The highest BCUT2D eigenvalue weighted by molar-refractivity contribution is 5.96. The number of aliphatic carboxylic acids is 1. The predicted molar refractivity (Wildman–Crippen MR) is 126 cm³/mol. The van der Waals surface area contributed by atoms with E-state index in [9.17, 15) is 19.5 Å². The van der Waals surface area contributed by atoms with Gasteiger partial charge in [-0.25, -0.2) is 0 Å². The first-order valence-corrected chi connectivity index (χ1v) is 12.2. The van der Waals surface area contributed by atoms with Crippen LogP contribution in [0.25, 0.3) is 0 Å². The van der Waals surface area contributed by atoms with Crippen molar-refractivity contribution in [3.8, 4) is 0 Å². The third kappa shape index (κ3) is 5.32. The zero-order valence-corrected chi connectivity index (χ0v) is 19.7. The molecule has 2 fully saturated rings. The lowest BCUT2D eigenvalue weighted by molar-refractivity contribution is -0.142. The molecule has 8 heteroatoms. The highest BCUT2D eigenvalue weighted by Gasteiger charge is 2.33. The molecule has 3 aliphatic heterocycles. The van der Waals surface area contributed by atoms with Gasteiger partial charge in [-0.1, -0.05) is 0 Å². The molecule has 4 rings (SSSR count). The third-order valence-corrected chi connectivity index (χ3v) is 7.48. The molecule has 2 amide bonds. The molecule has 33 heavy (non-hydrogen) atoms. The lowest BCUT2D eigenvalue weighted by Gasteiger charge is -2.38. The zero-order valence-electron chi connectivity index (χ0n) is 19.7. The standard InChI is InChI=1S/C25H36N4O4/c1-16(2)29-15-20-13-19(3-4-21(20)27-22(25(29)33)14-23(30)31)24(32)28-11-7-18(8-12-28)17-5-9-26-10-6-17/h3-4,13,16-18,22,26-27H,5-12,14-15H2,1-2H3,(H,30,31). The molecule has 1 aromatic carbocycles. The Balaban J connectivity index is 1.47. The number of amides is 2. The van der Waals surface area contributed by atoms with Gasteiger partial charge in [-0.2, -0.15) is 0 Å². The monoisotopic (exact) mass is 456 g/mol. The van der Waals surface area contributed by atoms with Crippen molar-refractivity contribution in [2.24, 2.45) is 11.8 Å². The van der Waals surface area contributed by atoms with Gasteiger partial charge >= 0.3 is 5.97 Å². The van der Waals surface area contributed by atoms with E-state index in [1.165, 1.54) is 12.8 Å². The molecule has 0 aromatic heterocycles. The minimum absolute atomic E-state index is 0.0373. The van der Waals surface area contributed by atoms with Gasteiger partial charge in [-0.15, -0.1) is 0 Å². The smallest absolute Gasteiger partial charge is 0.305 e. The van der Waals surface area contributed by atoms with E-state index < -0.39 is 12.0 Å². The normalized spacial score (nSPS) is 22.6. The number of likely N-dealkylation sites (tertiary alicyclic amines) is 1. The van der Waals surface area contributed by atoms with Crippen molar-refractivity contribution >= 4 is 23.5 Å². The Morgan fingerprint density at radius 2 is 1.76 bits per heavy atom. The molecule has 0 spiro atoms. The number of rotatable bonds is 5. The van der Waals surface area contributed by atoms with E-state index in [2.05, 4.69) is 10.6 Å². The number of benzene rings is 1. The molecular weight excluding hydrogens is 420 g/mol. The van der Waals surface area contributed by atoms with Crippen LogP contribution in [0.1, 0.15) is 61.9 Å². The molecule has 1 aromatic rings. The first-order chi connectivity index (χ1) is 15.8. The van der Waals surface area contributed by atoms with Crippen LogP contribution >= 0.6 is 0 Å². The highest BCUT2D eigenvalue weighted by Crippen LogP contribution is 2.32. The maximum Gasteiger partial charge on any atom is 0.305 e. The summed E-state index contributed by atoms with van der Waals surface area (Å²) in [6.07, 6.45) is 4.33. The molecule has 3 heterocycles. The lowest BCUT2D eigenvalue weighted by atomic mass is 9.79. The molecule has 0 radical (unpaired) electrons. The van der Waals surface area contributed by atoms with Crippen LogP contribution < -0.4 is 10.6 Å². The fourth-order valence-electron chi connectivity index (χ4n) is 5.53. The second-order valence-electron chi connectivity index (χ2n) is 9.94. The first kappa shape index (κ1) is 23.5. The van der Waals surface area contributed by atoms with E-state index in [0.717, 1.165) is 56.2 Å². The molecule has 8 nitrogen and oxygen atoms in total. The van der Waals surface area contributed by atoms with Gasteiger partial charge in [0.15, 0.2) is 0 Å². The van der Waals surface area contributed by atoms with Gasteiger partial charge in [-0.05, 0) is 88.2 Å². The van der Waals surface area contributed by atoms with Crippen molar-refractivity contribution < 1.29 is 19.5 Å². The Hall–Kier alpha value is -2.61. The average molecular weight is 457 g/mol. The van der Waals surface area contributed by atoms with Gasteiger partial charge in [0.2, 0.25) is 5.91 Å². The summed E-state index contributed by atoms with van der Waals surface area (Å²) in [4.78, 5) is 41.2. The van der Waals surface area contributed by atoms with Crippen LogP contribution in [0.4, 0.5) is 5.69 Å². The highest BCUT2D eigenvalue weighted by atomic mass is 16.4. The van der Waals surface area contributed by atoms with Gasteiger partial charge in [-0.3, -0.25) is 14.4 Å². The van der Waals surface area contributed by atoms with Crippen LogP contribution in [-0.4, -0.2) is 71.0 Å². The van der Waals surface area contributed by atoms with Crippen molar-refractivity contribution in [2.45, 2.75) is 64.6 Å². The van der Waals surface area contributed by atoms with E-state index in [1.54, 1.807) is 11.0 Å². The number of carboxylic acids is 1. The van der Waals surface area contributed by atoms with Crippen molar-refractivity contribution in [1.82, 2.24) is 15.1 Å². The Kier molecular flexibility index (Phi) is 7.22. The van der Waals surface area contributed by atoms with Crippen LogP contribution in [0.5, 0.6) is 0 Å². The largest absolute Gasteiger partial charge is 0.481 e. The maximum atomic E-state index is 13.3. The van der Waals surface area contributed by atoms with Crippen LogP contribution in [-0.2, 0) is 16.1 Å². The molecule has 1 unspecified atom stereocenters. The Morgan fingerprint density at radius 1 is 1.09 bits per heavy atom. The number of fused-ring (bicyclic) bond motifs is 1. The molecule has 180 valence electrons. The van der Waals surface area contributed by atoms with Crippen molar-refractivity contribution in [3.05, 3.63) is 29.3 Å². The fourth-order valence-corrected chi connectivity index (χ4v) is 5.53. The molecule has 0 bridgehead atoms. The third-order valence-electron chi connectivity index (χ3n) is 7.48. The van der Waals surface area contributed by atoms with Gasteiger partial charge in [0.25, 0.3) is 5.91 Å². The molecule has 2 saturated heterocycles. The lowest BCUT2D eigenvalue weighted by Crippen LogP contribution is -2.44. The number of piperidine rings is 2. The van der Waals surface area contributed by atoms with E-state index in [0.29, 0.717) is 18.0 Å². The second kappa shape index (κ2) is 10.1. The summed E-state index contributed by atoms with van der Waals surface area (Å²) in [5, 5.41) is 15.8. The maximum absolute atomic E-state index is 13.3. The van der Waals surface area contributed by atoms with Crippen LogP contribution in [0, 0.1) is 11.8 Å². The Morgan fingerprint density at radius 3 is 2.39 bits per heavy atom. The average Bonchev–Trinajstić information content (AvgIpc) is 2.95. The molecule has 1 atom stereocenters. The molecule has 0 aliphatic carbocycles. The summed E-state index contributed by atoms with van der Waals surface area (Å²) in [6, 6.07) is 4.59. The van der Waals surface area contributed by atoms with Crippen molar-refractivity contribution in [1.29, 1.82) is 0 Å². The number of nitrogens with zero attached hydrogens (tertiary/aromatic N) is 2. The molecule has 3 N–H and O–H groups in total. The van der Waals surface area contributed by atoms with Crippen molar-refractivity contribution in [2.75, 3.05) is 31.5 Å². The van der Waals surface area contributed by atoms with E-state index in [-0.39, 0.29) is 24.3 Å². The topological polar surface area (TPSA) is 102 Å². The Bertz CT molecular complexity index is 888.